The van der Waals surface area contributed by atoms with Gasteiger partial charge in [0.05, 0.1) is 5.56 Å². The maximum absolute atomic E-state index is 13.1. The van der Waals surface area contributed by atoms with E-state index in [4.69, 9.17) is 10.6 Å². The summed E-state index contributed by atoms with van der Waals surface area (Å²) in [6.45, 7) is 5.65. The monoisotopic (exact) mass is 290 g/mol. The Hall–Kier alpha value is -2.21. The number of rotatable bonds is 5. The first kappa shape index (κ1) is 15.2. The fourth-order valence-corrected chi connectivity index (χ4v) is 1.95. The topological polar surface area (TPSA) is 73.1 Å². The zero-order valence-corrected chi connectivity index (χ0v) is 12.4. The van der Waals surface area contributed by atoms with Crippen molar-refractivity contribution in [1.29, 1.82) is 0 Å². The van der Waals surface area contributed by atoms with E-state index in [1.54, 1.807) is 13.0 Å². The van der Waals surface area contributed by atoms with E-state index in [0.717, 1.165) is 12.8 Å². The molecule has 21 heavy (non-hydrogen) atoms. The van der Waals surface area contributed by atoms with Crippen LogP contribution in [0.5, 0.6) is 11.6 Å². The molecule has 1 aromatic carbocycles. The molecule has 112 valence electrons. The third-order valence-electron chi connectivity index (χ3n) is 3.10. The molecule has 0 radical (unpaired) electrons. The molecule has 0 aliphatic heterocycles. The Morgan fingerprint density at radius 1 is 1.29 bits per heavy atom. The van der Waals surface area contributed by atoms with E-state index in [1.165, 1.54) is 12.1 Å². The number of nitrogens with two attached hydrogens (primary N) is 1. The summed E-state index contributed by atoms with van der Waals surface area (Å²) in [5, 5.41) is 0. The van der Waals surface area contributed by atoms with Crippen LogP contribution in [0.3, 0.4) is 0 Å². The van der Waals surface area contributed by atoms with Crippen molar-refractivity contribution < 1.29 is 9.13 Å². The minimum atomic E-state index is -0.296. The SMILES string of the molecule is CCCc1nc(NN)c(C)c(Oc2ccc(F)cc2C)n1. The van der Waals surface area contributed by atoms with Crippen molar-refractivity contribution in [2.45, 2.75) is 33.6 Å². The standard InChI is InChI=1S/C15H19FN4O/c1-4-5-13-18-14(20-17)10(3)15(19-13)21-12-7-6-11(16)8-9(12)2/h6-8H,4-5,17H2,1-3H3,(H,18,19,20). The average Bonchev–Trinajstić information content (AvgIpc) is 2.45. The third-order valence-corrected chi connectivity index (χ3v) is 3.10. The summed E-state index contributed by atoms with van der Waals surface area (Å²) in [4.78, 5) is 8.74. The van der Waals surface area contributed by atoms with E-state index in [0.29, 0.717) is 34.4 Å². The number of hydrogen-bond acceptors (Lipinski definition) is 5. The molecule has 1 heterocycles. The predicted octanol–water partition coefficient (Wildman–Crippen LogP) is 3.26. The van der Waals surface area contributed by atoms with Crippen molar-refractivity contribution in [3.8, 4) is 11.6 Å². The van der Waals surface area contributed by atoms with Gasteiger partial charge in [-0.25, -0.2) is 15.2 Å². The molecule has 1 aromatic heterocycles. The van der Waals surface area contributed by atoms with Crippen LogP contribution in [0.2, 0.25) is 0 Å². The molecule has 0 spiro atoms. The quantitative estimate of drug-likeness (QED) is 0.653. The molecular formula is C15H19FN4O. The summed E-state index contributed by atoms with van der Waals surface area (Å²) in [6.07, 6.45) is 1.65. The fourth-order valence-electron chi connectivity index (χ4n) is 1.95. The van der Waals surface area contributed by atoms with Crippen LogP contribution in [-0.4, -0.2) is 9.97 Å². The Balaban J connectivity index is 2.40. The summed E-state index contributed by atoms with van der Waals surface area (Å²) in [5.41, 5.74) is 3.96. The first-order chi connectivity index (χ1) is 10.0. The number of nitrogens with zero attached hydrogens (tertiary/aromatic N) is 2. The maximum Gasteiger partial charge on any atom is 0.227 e. The molecule has 3 N–H and O–H groups in total. The summed E-state index contributed by atoms with van der Waals surface area (Å²) in [5.74, 6) is 7.36. The first-order valence-electron chi connectivity index (χ1n) is 6.83. The lowest BCUT2D eigenvalue weighted by molar-refractivity contribution is 0.449. The molecule has 0 aliphatic rings. The minimum absolute atomic E-state index is 0.296. The van der Waals surface area contributed by atoms with E-state index in [-0.39, 0.29) is 5.82 Å². The van der Waals surface area contributed by atoms with Crippen LogP contribution in [0.15, 0.2) is 18.2 Å². The number of nitrogen functional groups attached to an aromatic ring is 1. The lowest BCUT2D eigenvalue weighted by Crippen LogP contribution is -2.13. The Morgan fingerprint density at radius 3 is 2.67 bits per heavy atom. The zero-order chi connectivity index (χ0) is 15.4. The number of nitrogens with one attached hydrogen (secondary N) is 1. The number of hydrogen-bond donors (Lipinski definition) is 2. The van der Waals surface area contributed by atoms with Gasteiger partial charge in [0.25, 0.3) is 0 Å². The fraction of sp³-hybridized carbons (Fsp3) is 0.333. The molecule has 0 bridgehead atoms. The highest BCUT2D eigenvalue weighted by Crippen LogP contribution is 2.29. The molecule has 0 saturated heterocycles. The van der Waals surface area contributed by atoms with Gasteiger partial charge < -0.3 is 10.2 Å². The van der Waals surface area contributed by atoms with Gasteiger partial charge in [0.2, 0.25) is 5.88 Å². The van der Waals surface area contributed by atoms with Gasteiger partial charge in [-0.2, -0.15) is 4.98 Å². The van der Waals surface area contributed by atoms with Crippen LogP contribution in [-0.2, 0) is 6.42 Å². The highest BCUT2D eigenvalue weighted by atomic mass is 19.1. The molecule has 0 aliphatic carbocycles. The number of benzene rings is 1. The van der Waals surface area contributed by atoms with Gasteiger partial charge in [-0.05, 0) is 44.0 Å². The average molecular weight is 290 g/mol. The van der Waals surface area contributed by atoms with E-state index < -0.39 is 0 Å². The van der Waals surface area contributed by atoms with Crippen molar-refractivity contribution in [3.05, 3.63) is 41.0 Å². The summed E-state index contributed by atoms with van der Waals surface area (Å²) < 4.78 is 19.0. The van der Waals surface area contributed by atoms with E-state index in [2.05, 4.69) is 15.4 Å². The third kappa shape index (κ3) is 3.46. The van der Waals surface area contributed by atoms with Crippen molar-refractivity contribution in [2.75, 3.05) is 5.43 Å². The van der Waals surface area contributed by atoms with Crippen LogP contribution in [0.4, 0.5) is 10.2 Å². The second-order valence-corrected chi connectivity index (χ2v) is 4.82. The second-order valence-electron chi connectivity index (χ2n) is 4.82. The van der Waals surface area contributed by atoms with Crippen molar-refractivity contribution in [1.82, 2.24) is 9.97 Å². The van der Waals surface area contributed by atoms with E-state index in [1.807, 2.05) is 13.8 Å². The number of hydrazine groups is 1. The Labute approximate surface area is 123 Å². The van der Waals surface area contributed by atoms with Crippen LogP contribution in [0.25, 0.3) is 0 Å². The van der Waals surface area contributed by atoms with Gasteiger partial charge in [0.15, 0.2) is 0 Å². The molecule has 2 rings (SSSR count). The second kappa shape index (κ2) is 6.49. The Morgan fingerprint density at radius 2 is 2.05 bits per heavy atom. The lowest BCUT2D eigenvalue weighted by Gasteiger charge is -2.13. The molecule has 2 aromatic rings. The minimum Gasteiger partial charge on any atom is -0.438 e. The van der Waals surface area contributed by atoms with Crippen LogP contribution >= 0.6 is 0 Å². The van der Waals surface area contributed by atoms with Gasteiger partial charge in [0.1, 0.15) is 23.2 Å². The van der Waals surface area contributed by atoms with Crippen LogP contribution in [0, 0.1) is 19.7 Å². The number of aryl methyl sites for hydroxylation is 2. The Kier molecular flexibility index (Phi) is 4.70. The first-order valence-corrected chi connectivity index (χ1v) is 6.83. The zero-order valence-electron chi connectivity index (χ0n) is 12.4. The summed E-state index contributed by atoms with van der Waals surface area (Å²) in [7, 11) is 0. The summed E-state index contributed by atoms with van der Waals surface area (Å²) >= 11 is 0. The van der Waals surface area contributed by atoms with Crippen LogP contribution in [0.1, 0.15) is 30.3 Å². The molecule has 0 saturated carbocycles. The van der Waals surface area contributed by atoms with Gasteiger partial charge in [-0.1, -0.05) is 6.92 Å². The lowest BCUT2D eigenvalue weighted by atomic mass is 10.2. The molecule has 5 nitrogen and oxygen atoms in total. The molecule has 0 unspecified atom stereocenters. The largest absolute Gasteiger partial charge is 0.438 e. The number of ether oxygens (including phenoxy) is 1. The normalized spacial score (nSPS) is 10.5. The van der Waals surface area contributed by atoms with Crippen molar-refractivity contribution >= 4 is 5.82 Å². The van der Waals surface area contributed by atoms with Gasteiger partial charge in [0, 0.05) is 6.42 Å². The smallest absolute Gasteiger partial charge is 0.227 e. The summed E-state index contributed by atoms with van der Waals surface area (Å²) in [6, 6.07) is 4.36. The molecule has 6 heteroatoms. The number of aromatic nitrogens is 2. The van der Waals surface area contributed by atoms with Gasteiger partial charge in [-0.3, -0.25) is 0 Å². The van der Waals surface area contributed by atoms with Gasteiger partial charge in [-0.15, -0.1) is 0 Å². The molecule has 0 atom stereocenters. The number of halogens is 1. The van der Waals surface area contributed by atoms with E-state index in [9.17, 15) is 4.39 Å². The molecular weight excluding hydrogens is 271 g/mol. The van der Waals surface area contributed by atoms with Crippen LogP contribution < -0.4 is 16.0 Å². The highest BCUT2D eigenvalue weighted by molar-refractivity contribution is 5.49. The predicted molar refractivity (Wildman–Crippen MR) is 79.8 cm³/mol. The maximum atomic E-state index is 13.1. The van der Waals surface area contributed by atoms with Gasteiger partial charge >= 0.3 is 0 Å². The molecule has 0 amide bonds. The Bertz CT molecular complexity index is 646. The highest BCUT2D eigenvalue weighted by Gasteiger charge is 2.13. The number of anilines is 1. The molecule has 0 fully saturated rings. The van der Waals surface area contributed by atoms with Crippen molar-refractivity contribution in [2.24, 2.45) is 5.84 Å². The van der Waals surface area contributed by atoms with E-state index >= 15 is 0 Å². The van der Waals surface area contributed by atoms with Crippen molar-refractivity contribution in [3.63, 3.8) is 0 Å².